The predicted octanol–water partition coefficient (Wildman–Crippen LogP) is 4.38. The van der Waals surface area contributed by atoms with Gasteiger partial charge in [0.15, 0.2) is 6.10 Å². The second-order valence-corrected chi connectivity index (χ2v) is 6.57. The fourth-order valence-corrected chi connectivity index (χ4v) is 2.82. The molecule has 0 N–H and O–H groups in total. The van der Waals surface area contributed by atoms with Crippen molar-refractivity contribution in [2.45, 2.75) is 13.0 Å². The Morgan fingerprint density at radius 3 is 2.46 bits per heavy atom. The first kappa shape index (κ1) is 18.1. The molecule has 0 aliphatic rings. The lowest BCUT2D eigenvalue weighted by atomic mass is 10.0. The van der Waals surface area contributed by atoms with Crippen LogP contribution in [0.25, 0.3) is 22.2 Å². The van der Waals surface area contributed by atoms with Gasteiger partial charge in [-0.05, 0) is 31.2 Å². The number of aromatic nitrogens is 1. The zero-order valence-corrected chi connectivity index (χ0v) is 15.8. The van der Waals surface area contributed by atoms with E-state index in [2.05, 4.69) is 25.7 Å². The molecular formula is C20H16BrNO4. The van der Waals surface area contributed by atoms with E-state index in [0.29, 0.717) is 22.2 Å². The molecule has 0 saturated heterocycles. The number of pyridine rings is 1. The molecule has 0 aliphatic heterocycles. The van der Waals surface area contributed by atoms with Gasteiger partial charge >= 0.3 is 11.9 Å². The van der Waals surface area contributed by atoms with Gasteiger partial charge in [-0.1, -0.05) is 46.3 Å². The second kappa shape index (κ2) is 7.66. The zero-order valence-electron chi connectivity index (χ0n) is 14.2. The second-order valence-electron chi connectivity index (χ2n) is 5.65. The van der Waals surface area contributed by atoms with Gasteiger partial charge in [0.1, 0.15) is 0 Å². The first-order valence-electron chi connectivity index (χ1n) is 7.94. The number of ether oxygens (including phenoxy) is 2. The molecule has 0 bridgehead atoms. The molecule has 0 radical (unpaired) electrons. The summed E-state index contributed by atoms with van der Waals surface area (Å²) in [7, 11) is 1.25. The van der Waals surface area contributed by atoms with E-state index in [1.165, 1.54) is 14.0 Å². The minimum absolute atomic E-state index is 0.351. The largest absolute Gasteiger partial charge is 0.466 e. The van der Waals surface area contributed by atoms with Crippen LogP contribution in [0.5, 0.6) is 0 Å². The Morgan fingerprint density at radius 1 is 1.08 bits per heavy atom. The van der Waals surface area contributed by atoms with Crippen molar-refractivity contribution in [3.05, 3.63) is 64.6 Å². The van der Waals surface area contributed by atoms with Crippen molar-refractivity contribution in [3.63, 3.8) is 0 Å². The maximum absolute atomic E-state index is 12.7. The summed E-state index contributed by atoms with van der Waals surface area (Å²) in [6.07, 6.45) is -0.990. The molecule has 1 unspecified atom stereocenters. The average molecular weight is 414 g/mol. The molecule has 0 saturated carbocycles. The van der Waals surface area contributed by atoms with Crippen LogP contribution in [0.15, 0.2) is 59.1 Å². The SMILES string of the molecule is COC(=O)C(C)OC(=O)c1cc(-c2ccc(Br)cc2)nc2ccccc12. The van der Waals surface area contributed by atoms with Gasteiger partial charge in [0.05, 0.1) is 23.9 Å². The number of carbonyl (C=O) groups is 2. The first-order chi connectivity index (χ1) is 12.5. The molecule has 6 heteroatoms. The molecular weight excluding hydrogens is 398 g/mol. The van der Waals surface area contributed by atoms with Crippen LogP contribution in [0.4, 0.5) is 0 Å². The molecule has 132 valence electrons. The van der Waals surface area contributed by atoms with Crippen LogP contribution in [-0.4, -0.2) is 30.1 Å². The van der Waals surface area contributed by atoms with Crippen molar-refractivity contribution in [3.8, 4) is 11.3 Å². The van der Waals surface area contributed by atoms with Gasteiger partial charge in [0.2, 0.25) is 0 Å². The molecule has 3 aromatic rings. The van der Waals surface area contributed by atoms with E-state index >= 15 is 0 Å². The normalized spacial score (nSPS) is 11.8. The van der Waals surface area contributed by atoms with Crippen molar-refractivity contribution >= 4 is 38.8 Å². The van der Waals surface area contributed by atoms with Crippen molar-refractivity contribution in [2.75, 3.05) is 7.11 Å². The molecule has 0 amide bonds. The number of carbonyl (C=O) groups excluding carboxylic acids is 2. The Kier molecular flexibility index (Phi) is 5.32. The molecule has 1 heterocycles. The minimum Gasteiger partial charge on any atom is -0.466 e. The van der Waals surface area contributed by atoms with E-state index in [1.807, 2.05) is 42.5 Å². The van der Waals surface area contributed by atoms with E-state index in [4.69, 9.17) is 4.74 Å². The van der Waals surface area contributed by atoms with Gasteiger partial charge in [-0.15, -0.1) is 0 Å². The zero-order chi connectivity index (χ0) is 18.7. The molecule has 0 aliphatic carbocycles. The number of hydrogen-bond acceptors (Lipinski definition) is 5. The summed E-state index contributed by atoms with van der Waals surface area (Å²) in [5.41, 5.74) is 2.54. The van der Waals surface area contributed by atoms with Gasteiger partial charge in [-0.3, -0.25) is 0 Å². The number of methoxy groups -OCH3 is 1. The third-order valence-electron chi connectivity index (χ3n) is 3.89. The van der Waals surface area contributed by atoms with Crippen LogP contribution in [0.3, 0.4) is 0 Å². The Balaban J connectivity index is 2.07. The molecule has 1 atom stereocenters. The third-order valence-corrected chi connectivity index (χ3v) is 4.42. The van der Waals surface area contributed by atoms with E-state index in [1.54, 1.807) is 12.1 Å². The Morgan fingerprint density at radius 2 is 1.77 bits per heavy atom. The molecule has 2 aromatic carbocycles. The molecule has 0 fully saturated rings. The van der Waals surface area contributed by atoms with Crippen molar-refractivity contribution in [1.29, 1.82) is 0 Å². The van der Waals surface area contributed by atoms with Crippen molar-refractivity contribution in [1.82, 2.24) is 4.98 Å². The number of hydrogen-bond donors (Lipinski definition) is 0. The fraction of sp³-hybridized carbons (Fsp3) is 0.150. The summed E-state index contributed by atoms with van der Waals surface area (Å²) in [5, 5.41) is 0.662. The lowest BCUT2D eigenvalue weighted by molar-refractivity contribution is -0.149. The number of halogens is 1. The molecule has 5 nitrogen and oxygen atoms in total. The number of rotatable bonds is 4. The van der Waals surface area contributed by atoms with Crippen LogP contribution < -0.4 is 0 Å². The summed E-state index contributed by atoms with van der Waals surface area (Å²) in [4.78, 5) is 28.8. The van der Waals surface area contributed by atoms with E-state index in [-0.39, 0.29) is 0 Å². The van der Waals surface area contributed by atoms with Gasteiger partial charge in [-0.2, -0.15) is 0 Å². The number of fused-ring (bicyclic) bond motifs is 1. The average Bonchev–Trinajstić information content (AvgIpc) is 2.66. The molecule has 0 spiro atoms. The summed E-state index contributed by atoms with van der Waals surface area (Å²) in [6, 6.07) is 16.6. The first-order valence-corrected chi connectivity index (χ1v) is 8.73. The van der Waals surface area contributed by atoms with E-state index in [0.717, 1.165) is 10.0 Å². The maximum Gasteiger partial charge on any atom is 0.346 e. The lowest BCUT2D eigenvalue weighted by Gasteiger charge is -2.13. The Hall–Kier alpha value is -2.73. The summed E-state index contributed by atoms with van der Waals surface area (Å²) < 4.78 is 10.8. The maximum atomic E-state index is 12.7. The minimum atomic E-state index is -0.990. The van der Waals surface area contributed by atoms with Crippen LogP contribution >= 0.6 is 15.9 Å². The van der Waals surface area contributed by atoms with Crippen LogP contribution in [0.2, 0.25) is 0 Å². The fourth-order valence-electron chi connectivity index (χ4n) is 2.55. The van der Waals surface area contributed by atoms with Gasteiger partial charge in [0, 0.05) is 15.4 Å². The highest BCUT2D eigenvalue weighted by molar-refractivity contribution is 9.10. The number of benzene rings is 2. The highest BCUT2D eigenvalue weighted by Gasteiger charge is 2.21. The third kappa shape index (κ3) is 3.75. The number of nitrogens with zero attached hydrogens (tertiary/aromatic N) is 1. The standard InChI is InChI=1S/C20H16BrNO4/c1-12(19(23)25-2)26-20(24)16-11-18(13-7-9-14(21)10-8-13)22-17-6-4-3-5-15(16)17/h3-12H,1-2H3. The van der Waals surface area contributed by atoms with Gasteiger partial charge in [0.25, 0.3) is 0 Å². The Bertz CT molecular complexity index is 969. The quantitative estimate of drug-likeness (QED) is 0.593. The van der Waals surface area contributed by atoms with Crippen molar-refractivity contribution in [2.24, 2.45) is 0 Å². The van der Waals surface area contributed by atoms with Crippen LogP contribution in [0, 0.1) is 0 Å². The van der Waals surface area contributed by atoms with E-state index in [9.17, 15) is 9.59 Å². The number of esters is 2. The topological polar surface area (TPSA) is 65.5 Å². The van der Waals surface area contributed by atoms with E-state index < -0.39 is 18.0 Å². The van der Waals surface area contributed by atoms with Gasteiger partial charge in [-0.25, -0.2) is 14.6 Å². The smallest absolute Gasteiger partial charge is 0.346 e. The van der Waals surface area contributed by atoms with Crippen LogP contribution in [-0.2, 0) is 14.3 Å². The summed E-state index contributed by atoms with van der Waals surface area (Å²) in [6.45, 7) is 1.47. The van der Waals surface area contributed by atoms with Crippen LogP contribution in [0.1, 0.15) is 17.3 Å². The lowest BCUT2D eigenvalue weighted by Crippen LogP contribution is -2.25. The highest BCUT2D eigenvalue weighted by atomic mass is 79.9. The van der Waals surface area contributed by atoms with Gasteiger partial charge < -0.3 is 9.47 Å². The molecule has 1 aromatic heterocycles. The molecule has 26 heavy (non-hydrogen) atoms. The Labute approximate surface area is 159 Å². The summed E-state index contributed by atoms with van der Waals surface area (Å²) in [5.74, 6) is -1.20. The van der Waals surface area contributed by atoms with Crippen molar-refractivity contribution < 1.29 is 19.1 Å². The molecule has 3 rings (SSSR count). The summed E-state index contributed by atoms with van der Waals surface area (Å²) >= 11 is 3.40. The highest BCUT2D eigenvalue weighted by Crippen LogP contribution is 2.26. The predicted molar refractivity (Wildman–Crippen MR) is 102 cm³/mol. The number of para-hydroxylation sites is 1. The monoisotopic (exact) mass is 413 g/mol.